The SMILES string of the molecule is C=N/C=C(\C=C(/C)CNCC1CCCC1)c1cnc2[nH]nc(-c3nc4c(-c5ccoc5)cncc4[nH]3)c2c1. The fourth-order valence-electron chi connectivity index (χ4n) is 5.21. The maximum absolute atomic E-state index is 5.26. The number of fused-ring (bicyclic) bond motifs is 2. The zero-order valence-corrected chi connectivity index (χ0v) is 21.4. The van der Waals surface area contributed by atoms with E-state index in [1.165, 1.54) is 31.3 Å². The van der Waals surface area contributed by atoms with Crippen LogP contribution >= 0.6 is 0 Å². The first-order valence-corrected chi connectivity index (χ1v) is 12.9. The summed E-state index contributed by atoms with van der Waals surface area (Å²) in [7, 11) is 0. The predicted octanol–water partition coefficient (Wildman–Crippen LogP) is 5.92. The Morgan fingerprint density at radius 2 is 2.16 bits per heavy atom. The van der Waals surface area contributed by atoms with Gasteiger partial charge in [-0.05, 0) is 51.1 Å². The van der Waals surface area contributed by atoms with Gasteiger partial charge in [0.2, 0.25) is 0 Å². The highest BCUT2D eigenvalue weighted by molar-refractivity contribution is 5.96. The molecule has 5 aromatic heterocycles. The van der Waals surface area contributed by atoms with Crippen LogP contribution in [0, 0.1) is 5.92 Å². The third kappa shape index (κ3) is 4.80. The van der Waals surface area contributed by atoms with E-state index in [-0.39, 0.29) is 0 Å². The van der Waals surface area contributed by atoms with Crippen LogP contribution in [-0.2, 0) is 0 Å². The molecule has 0 atom stereocenters. The van der Waals surface area contributed by atoms with E-state index in [1.54, 1.807) is 31.1 Å². The molecule has 9 nitrogen and oxygen atoms in total. The smallest absolute Gasteiger partial charge is 0.159 e. The van der Waals surface area contributed by atoms with Crippen LogP contribution in [0.15, 0.2) is 70.5 Å². The minimum atomic E-state index is 0.637. The van der Waals surface area contributed by atoms with Crippen LogP contribution in [-0.4, -0.2) is 49.9 Å². The second-order valence-corrected chi connectivity index (χ2v) is 9.91. The molecule has 1 aliphatic carbocycles. The van der Waals surface area contributed by atoms with E-state index in [1.807, 2.05) is 12.3 Å². The van der Waals surface area contributed by atoms with Crippen LogP contribution in [0.25, 0.3) is 50.3 Å². The number of furan rings is 1. The normalized spacial score (nSPS) is 15.2. The largest absolute Gasteiger partial charge is 0.472 e. The van der Waals surface area contributed by atoms with Crippen molar-refractivity contribution in [2.45, 2.75) is 32.6 Å². The van der Waals surface area contributed by atoms with Crippen molar-refractivity contribution < 1.29 is 4.42 Å². The summed E-state index contributed by atoms with van der Waals surface area (Å²) in [5, 5.41) is 12.0. The Kier molecular flexibility index (Phi) is 6.66. The fraction of sp³-hybridized carbons (Fsp3) is 0.276. The summed E-state index contributed by atoms with van der Waals surface area (Å²) in [6.07, 6.45) is 18.0. The summed E-state index contributed by atoms with van der Waals surface area (Å²) in [5.41, 5.74) is 7.90. The quantitative estimate of drug-likeness (QED) is 0.168. The van der Waals surface area contributed by atoms with Gasteiger partial charge in [0, 0.05) is 47.4 Å². The monoisotopic (exact) mass is 506 g/mol. The summed E-state index contributed by atoms with van der Waals surface area (Å²) in [4.78, 5) is 21.3. The standard InChI is InChI=1S/C29H30N8O/c1-18(11-31-12-19-5-3-4-6-19)9-21(13-30-2)22-10-23-27(36-37-28(23)33-14-22)29-34-25-16-32-15-24(26(25)35-29)20-7-8-38-17-20/h7-10,13-17,19,31H,2-6,11-12H2,1H3,(H,34,35)(H,33,36,37)/b18-9+,21-13+. The van der Waals surface area contributed by atoms with Gasteiger partial charge in [0.15, 0.2) is 11.5 Å². The summed E-state index contributed by atoms with van der Waals surface area (Å²) in [5.74, 6) is 1.45. The Bertz CT molecular complexity index is 1630. The van der Waals surface area contributed by atoms with E-state index in [4.69, 9.17) is 9.40 Å². The van der Waals surface area contributed by atoms with E-state index >= 15 is 0 Å². The molecule has 38 heavy (non-hydrogen) atoms. The number of H-pyrrole nitrogens is 2. The topological polar surface area (TPSA) is 121 Å². The van der Waals surface area contributed by atoms with Crippen LogP contribution in [0.3, 0.4) is 0 Å². The Morgan fingerprint density at radius 1 is 1.26 bits per heavy atom. The average Bonchev–Trinajstić information content (AvgIpc) is 3.73. The molecule has 5 heterocycles. The minimum absolute atomic E-state index is 0.637. The van der Waals surface area contributed by atoms with Crippen molar-refractivity contribution in [3.8, 4) is 22.6 Å². The lowest BCUT2D eigenvalue weighted by Crippen LogP contribution is -2.22. The van der Waals surface area contributed by atoms with Gasteiger partial charge in [0.1, 0.15) is 11.2 Å². The van der Waals surface area contributed by atoms with Gasteiger partial charge in [-0.3, -0.25) is 15.1 Å². The Morgan fingerprint density at radius 3 is 2.97 bits per heavy atom. The number of nitrogens with zero attached hydrogens (tertiary/aromatic N) is 5. The van der Waals surface area contributed by atoms with E-state index in [0.717, 1.165) is 57.7 Å². The highest BCUT2D eigenvalue weighted by Crippen LogP contribution is 2.32. The third-order valence-electron chi connectivity index (χ3n) is 7.14. The lowest BCUT2D eigenvalue weighted by Gasteiger charge is -2.11. The van der Waals surface area contributed by atoms with Crippen LogP contribution in [0.4, 0.5) is 0 Å². The lowest BCUT2D eigenvalue weighted by molar-refractivity contribution is 0.502. The summed E-state index contributed by atoms with van der Waals surface area (Å²) in [6, 6.07) is 3.96. The van der Waals surface area contributed by atoms with E-state index in [9.17, 15) is 0 Å². The Hall–Kier alpha value is -4.37. The average molecular weight is 507 g/mol. The number of rotatable bonds is 9. The number of pyridine rings is 2. The molecule has 0 spiro atoms. The van der Waals surface area contributed by atoms with Gasteiger partial charge in [-0.25, -0.2) is 9.97 Å². The first-order valence-electron chi connectivity index (χ1n) is 12.9. The maximum Gasteiger partial charge on any atom is 0.159 e. The van der Waals surface area contributed by atoms with Gasteiger partial charge in [0.05, 0.1) is 29.6 Å². The predicted molar refractivity (Wildman–Crippen MR) is 151 cm³/mol. The highest BCUT2D eigenvalue weighted by Gasteiger charge is 2.17. The molecule has 0 aliphatic heterocycles. The summed E-state index contributed by atoms with van der Waals surface area (Å²) >= 11 is 0. The zero-order chi connectivity index (χ0) is 25.9. The number of imidazole rings is 1. The van der Waals surface area contributed by atoms with Crippen molar-refractivity contribution in [1.29, 1.82) is 0 Å². The third-order valence-corrected chi connectivity index (χ3v) is 7.14. The Balaban J connectivity index is 1.31. The van der Waals surface area contributed by atoms with Crippen molar-refractivity contribution in [3.63, 3.8) is 0 Å². The molecule has 6 rings (SSSR count). The molecular weight excluding hydrogens is 476 g/mol. The first kappa shape index (κ1) is 24.0. The number of aromatic nitrogens is 6. The molecule has 3 N–H and O–H groups in total. The molecule has 0 amide bonds. The van der Waals surface area contributed by atoms with Gasteiger partial charge in [0.25, 0.3) is 0 Å². The van der Waals surface area contributed by atoms with Crippen LogP contribution < -0.4 is 5.32 Å². The van der Waals surface area contributed by atoms with E-state index < -0.39 is 0 Å². The van der Waals surface area contributed by atoms with Gasteiger partial charge in [-0.1, -0.05) is 24.5 Å². The molecule has 0 bridgehead atoms. The molecule has 0 aromatic carbocycles. The maximum atomic E-state index is 5.26. The minimum Gasteiger partial charge on any atom is -0.472 e. The lowest BCUT2D eigenvalue weighted by atomic mass is 10.0. The second-order valence-electron chi connectivity index (χ2n) is 9.91. The van der Waals surface area contributed by atoms with Crippen molar-refractivity contribution in [1.82, 2.24) is 35.5 Å². The van der Waals surface area contributed by atoms with E-state index in [0.29, 0.717) is 17.2 Å². The van der Waals surface area contributed by atoms with E-state index in [2.05, 4.69) is 61.2 Å². The molecule has 0 saturated heterocycles. The number of aromatic amines is 2. The van der Waals surface area contributed by atoms with Crippen molar-refractivity contribution in [2.24, 2.45) is 10.9 Å². The number of hydrogen-bond donors (Lipinski definition) is 3. The van der Waals surface area contributed by atoms with Crippen LogP contribution in [0.5, 0.6) is 0 Å². The van der Waals surface area contributed by atoms with Gasteiger partial charge in [-0.2, -0.15) is 5.10 Å². The molecular formula is C29H30N8O. The van der Waals surface area contributed by atoms with Crippen molar-refractivity contribution in [3.05, 3.63) is 66.7 Å². The van der Waals surface area contributed by atoms with Gasteiger partial charge >= 0.3 is 0 Å². The summed E-state index contributed by atoms with van der Waals surface area (Å²) < 4.78 is 5.26. The molecule has 1 fully saturated rings. The second kappa shape index (κ2) is 10.5. The molecule has 0 radical (unpaired) electrons. The fourth-order valence-corrected chi connectivity index (χ4v) is 5.21. The number of aliphatic imine (C=N–C) groups is 1. The molecule has 192 valence electrons. The van der Waals surface area contributed by atoms with Crippen LogP contribution in [0.1, 0.15) is 38.2 Å². The molecule has 9 heteroatoms. The Labute approximate surface area is 220 Å². The van der Waals surface area contributed by atoms with Gasteiger partial charge < -0.3 is 14.7 Å². The molecule has 0 unspecified atom stereocenters. The van der Waals surface area contributed by atoms with Crippen molar-refractivity contribution >= 4 is 34.4 Å². The van der Waals surface area contributed by atoms with Gasteiger partial charge in [-0.15, -0.1) is 0 Å². The number of allylic oxidation sites excluding steroid dienone is 2. The first-order chi connectivity index (χ1) is 18.7. The summed E-state index contributed by atoms with van der Waals surface area (Å²) in [6.45, 7) is 7.73. The number of hydrogen-bond acceptors (Lipinski definition) is 7. The number of nitrogens with one attached hydrogen (secondary N) is 3. The molecule has 5 aromatic rings. The highest BCUT2D eigenvalue weighted by atomic mass is 16.3. The molecule has 1 saturated carbocycles. The molecule has 1 aliphatic rings. The van der Waals surface area contributed by atoms with Crippen molar-refractivity contribution in [2.75, 3.05) is 13.1 Å². The zero-order valence-electron chi connectivity index (χ0n) is 21.4. The van der Waals surface area contributed by atoms with Crippen LogP contribution in [0.2, 0.25) is 0 Å².